The van der Waals surface area contributed by atoms with E-state index in [1.54, 1.807) is 0 Å². The van der Waals surface area contributed by atoms with E-state index in [4.69, 9.17) is 44.3 Å². The van der Waals surface area contributed by atoms with Crippen LogP contribution in [0.3, 0.4) is 0 Å². The Morgan fingerprint density at radius 1 is 0.957 bits per heavy atom. The predicted octanol–water partition coefficient (Wildman–Crippen LogP) is 5.39. The van der Waals surface area contributed by atoms with Crippen molar-refractivity contribution in [1.29, 1.82) is 0 Å². The van der Waals surface area contributed by atoms with Crippen molar-refractivity contribution in [2.24, 2.45) is 5.92 Å². The van der Waals surface area contributed by atoms with Crippen molar-refractivity contribution < 1.29 is 24.2 Å². The second-order valence-electron chi connectivity index (χ2n) is 12.5. The van der Waals surface area contributed by atoms with E-state index in [1.807, 2.05) is 66.7 Å². The van der Waals surface area contributed by atoms with Gasteiger partial charge >= 0.3 is 0 Å². The summed E-state index contributed by atoms with van der Waals surface area (Å²) in [6.45, 7) is 5.05. The molecule has 0 aliphatic carbocycles. The Labute approximate surface area is 290 Å². The molecule has 4 atom stereocenters. The second-order valence-corrected chi connectivity index (χ2v) is 14.8. The highest BCUT2D eigenvalue weighted by atomic mass is 35.6. The molecule has 12 heteroatoms. The molecule has 4 unspecified atom stereocenters. The molecule has 0 saturated carbocycles. The molecule has 2 amide bonds. The third-order valence-corrected chi connectivity index (χ3v) is 10.1. The molecule has 3 heterocycles. The van der Waals surface area contributed by atoms with Crippen LogP contribution in [0.1, 0.15) is 54.4 Å². The van der Waals surface area contributed by atoms with Gasteiger partial charge in [-0.1, -0.05) is 108 Å². The quantitative estimate of drug-likeness (QED) is 0.271. The highest BCUT2D eigenvalue weighted by molar-refractivity contribution is 6.76. The van der Waals surface area contributed by atoms with E-state index in [-0.39, 0.29) is 37.2 Å². The van der Waals surface area contributed by atoms with Crippen LogP contribution in [0.5, 0.6) is 0 Å². The van der Waals surface area contributed by atoms with Crippen molar-refractivity contribution in [2.75, 3.05) is 31.2 Å². The first-order valence-electron chi connectivity index (χ1n) is 15.9. The van der Waals surface area contributed by atoms with E-state index in [1.165, 1.54) is 0 Å². The van der Waals surface area contributed by atoms with Gasteiger partial charge in [0.2, 0.25) is 5.91 Å². The summed E-state index contributed by atoms with van der Waals surface area (Å²) >= 11 is 17.0. The summed E-state index contributed by atoms with van der Waals surface area (Å²) in [7, 11) is 0. The lowest BCUT2D eigenvalue weighted by Crippen LogP contribution is -2.57. The van der Waals surface area contributed by atoms with Gasteiger partial charge in [0.1, 0.15) is 5.54 Å². The molecule has 0 bridgehead atoms. The molecule has 3 N–H and O–H groups in total. The molecule has 3 saturated heterocycles. The van der Waals surface area contributed by atoms with Gasteiger partial charge in [-0.2, -0.15) is 0 Å². The topological polar surface area (TPSA) is 103 Å². The number of carbonyl (C=O) groups excluding carboxylic acids is 2. The van der Waals surface area contributed by atoms with Crippen LogP contribution in [0.15, 0.2) is 78.9 Å². The zero-order valence-corrected chi connectivity index (χ0v) is 28.3. The number of nitrogens with zero attached hydrogens (tertiary/aromatic N) is 2. The molecule has 3 fully saturated rings. The summed E-state index contributed by atoms with van der Waals surface area (Å²) in [5.74, 6) is -0.574. The molecule has 6 rings (SSSR count). The van der Waals surface area contributed by atoms with E-state index < -0.39 is 21.5 Å². The first kappa shape index (κ1) is 34.0. The maximum Gasteiger partial charge on any atom is 0.272 e. The number of ether oxygens (including phenoxy) is 2. The smallest absolute Gasteiger partial charge is 0.272 e. The van der Waals surface area contributed by atoms with E-state index in [9.17, 15) is 14.7 Å². The van der Waals surface area contributed by atoms with E-state index >= 15 is 0 Å². The lowest BCUT2D eigenvalue weighted by atomic mass is 9.84. The average molecular weight is 702 g/mol. The molecule has 1 spiro atoms. The molecule has 3 aliphatic rings. The van der Waals surface area contributed by atoms with Crippen LogP contribution in [0.4, 0.5) is 5.69 Å². The molecule has 250 valence electrons. The number of likely N-dealkylation sites (tertiary alicyclic amines) is 1. The van der Waals surface area contributed by atoms with Crippen molar-refractivity contribution in [2.45, 2.75) is 60.7 Å². The summed E-state index contributed by atoms with van der Waals surface area (Å²) in [5.41, 5.74) is 4.02. The van der Waals surface area contributed by atoms with Crippen molar-refractivity contribution >= 4 is 52.3 Å². The van der Waals surface area contributed by atoms with Crippen LogP contribution in [-0.4, -0.2) is 63.6 Å². The number of hydrogen-bond donors (Lipinski definition) is 3. The van der Waals surface area contributed by atoms with Gasteiger partial charge in [-0.05, 0) is 41.7 Å². The number of anilines is 1. The third kappa shape index (κ3) is 7.42. The SMILES string of the molecule is CC1C(CN2CCC3(CC2)C(=O)NCN3c2ccccc2)OC(c2ccc(CNC(=O)C(Cl)(Cl)Cl)cc2)OC1c1ccc(CO)cc1. The Hall–Kier alpha value is -2.89. The van der Waals surface area contributed by atoms with Gasteiger partial charge in [0.25, 0.3) is 9.70 Å². The molecular weight excluding hydrogens is 663 g/mol. The zero-order chi connectivity index (χ0) is 33.2. The summed E-state index contributed by atoms with van der Waals surface area (Å²) in [6.07, 6.45) is 0.402. The molecule has 9 nitrogen and oxygen atoms in total. The largest absolute Gasteiger partial charge is 0.392 e. The number of nitrogens with one attached hydrogen (secondary N) is 2. The van der Waals surface area contributed by atoms with E-state index in [0.717, 1.165) is 53.9 Å². The van der Waals surface area contributed by atoms with Crippen LogP contribution < -0.4 is 15.5 Å². The number of rotatable bonds is 8. The fraction of sp³-hybridized carbons (Fsp3) is 0.429. The fourth-order valence-electron chi connectivity index (χ4n) is 6.80. The number of aliphatic hydroxyl groups excluding tert-OH is 1. The minimum atomic E-state index is -2.03. The summed E-state index contributed by atoms with van der Waals surface area (Å²) < 4.78 is 11.3. The summed E-state index contributed by atoms with van der Waals surface area (Å²) in [4.78, 5) is 29.8. The second kappa shape index (κ2) is 14.3. The first-order chi connectivity index (χ1) is 22.6. The zero-order valence-electron chi connectivity index (χ0n) is 26.1. The van der Waals surface area contributed by atoms with E-state index in [2.05, 4.69) is 39.5 Å². The number of hydrogen-bond acceptors (Lipinski definition) is 7. The van der Waals surface area contributed by atoms with Crippen LogP contribution in [0.2, 0.25) is 0 Å². The Kier molecular flexibility index (Phi) is 10.3. The molecule has 3 aliphatic heterocycles. The fourth-order valence-corrected chi connectivity index (χ4v) is 7.00. The number of piperidine rings is 1. The maximum absolute atomic E-state index is 13.2. The molecule has 47 heavy (non-hydrogen) atoms. The van der Waals surface area contributed by atoms with Gasteiger partial charge in [0, 0.05) is 43.3 Å². The Bertz CT molecular complexity index is 1530. The number of para-hydroxylation sites is 1. The number of aliphatic hydroxyl groups is 1. The van der Waals surface area contributed by atoms with Crippen molar-refractivity contribution in [3.63, 3.8) is 0 Å². The van der Waals surface area contributed by atoms with Crippen molar-refractivity contribution in [3.8, 4) is 0 Å². The van der Waals surface area contributed by atoms with Crippen LogP contribution in [0, 0.1) is 5.92 Å². The Balaban J connectivity index is 1.17. The molecule has 0 radical (unpaired) electrons. The maximum atomic E-state index is 13.2. The monoisotopic (exact) mass is 700 g/mol. The number of halogens is 3. The van der Waals surface area contributed by atoms with Gasteiger partial charge in [-0.25, -0.2) is 0 Å². The molecular formula is C35H39Cl3N4O5. The van der Waals surface area contributed by atoms with Crippen LogP contribution >= 0.6 is 34.8 Å². The van der Waals surface area contributed by atoms with Crippen molar-refractivity contribution in [3.05, 3.63) is 101 Å². The van der Waals surface area contributed by atoms with Crippen LogP contribution in [-0.2, 0) is 32.2 Å². The van der Waals surface area contributed by atoms with Crippen molar-refractivity contribution in [1.82, 2.24) is 15.5 Å². The normalized spacial score (nSPS) is 24.7. The predicted molar refractivity (Wildman–Crippen MR) is 182 cm³/mol. The minimum Gasteiger partial charge on any atom is -0.392 e. The lowest BCUT2D eigenvalue weighted by Gasteiger charge is -2.46. The van der Waals surface area contributed by atoms with Crippen LogP contribution in [0.25, 0.3) is 0 Å². The minimum absolute atomic E-state index is 0.0223. The number of carbonyl (C=O) groups is 2. The third-order valence-electron chi connectivity index (χ3n) is 9.61. The number of benzene rings is 3. The highest BCUT2D eigenvalue weighted by Gasteiger charge is 2.51. The standard InChI is InChI=1S/C35H39Cl3N4O5/c1-23-29(20-41-17-15-34(16-18-41)32(44)40-22-42(34)28-5-3-2-4-6-28)46-31(47-30(23)26-11-9-25(21-43)10-12-26)27-13-7-24(8-14-27)19-39-33(45)35(36,37)38/h2-14,23,29-31,43H,15-22H2,1H3,(H,39,45)(H,40,44). The van der Waals surface area contributed by atoms with Gasteiger partial charge in [-0.3, -0.25) is 9.59 Å². The highest BCUT2D eigenvalue weighted by Crippen LogP contribution is 2.43. The van der Waals surface area contributed by atoms with Gasteiger partial charge in [0.15, 0.2) is 6.29 Å². The number of amides is 2. The van der Waals surface area contributed by atoms with Gasteiger partial charge in [-0.15, -0.1) is 0 Å². The molecule has 0 aromatic heterocycles. The Morgan fingerprint density at radius 2 is 1.60 bits per heavy atom. The number of alkyl halides is 3. The van der Waals surface area contributed by atoms with E-state index in [0.29, 0.717) is 13.2 Å². The first-order valence-corrected chi connectivity index (χ1v) is 17.0. The van der Waals surface area contributed by atoms with Gasteiger partial charge in [0.05, 0.1) is 25.5 Å². The lowest BCUT2D eigenvalue weighted by molar-refractivity contribution is -0.276. The summed E-state index contributed by atoms with van der Waals surface area (Å²) in [6, 6.07) is 25.6. The molecule has 3 aromatic rings. The molecule has 3 aromatic carbocycles. The average Bonchev–Trinajstić information content (AvgIpc) is 3.40. The summed E-state index contributed by atoms with van der Waals surface area (Å²) in [5, 5.41) is 15.3. The van der Waals surface area contributed by atoms with Gasteiger partial charge < -0.3 is 35.0 Å². The Morgan fingerprint density at radius 3 is 2.23 bits per heavy atom.